The van der Waals surface area contributed by atoms with Crippen molar-refractivity contribution in [3.63, 3.8) is 0 Å². The van der Waals surface area contributed by atoms with Crippen molar-refractivity contribution >= 4 is 11.9 Å². The molecule has 0 radical (unpaired) electrons. The van der Waals surface area contributed by atoms with Gasteiger partial charge in [-0.05, 0) is 26.7 Å². The number of hydrogen-bond acceptors (Lipinski definition) is 4. The van der Waals surface area contributed by atoms with Crippen LogP contribution < -0.4 is 5.32 Å². The van der Waals surface area contributed by atoms with Crippen molar-refractivity contribution in [3.05, 3.63) is 0 Å². The van der Waals surface area contributed by atoms with E-state index in [9.17, 15) is 9.59 Å². The van der Waals surface area contributed by atoms with Gasteiger partial charge in [-0.1, -0.05) is 44.9 Å². The Hall–Kier alpha value is -1.10. The number of rotatable bonds is 15. The van der Waals surface area contributed by atoms with Crippen molar-refractivity contribution in [2.45, 2.75) is 84.1 Å². The molecular weight excluding hydrogens is 294 g/mol. The van der Waals surface area contributed by atoms with E-state index in [0.29, 0.717) is 13.0 Å². The molecule has 0 aromatic heterocycles. The van der Waals surface area contributed by atoms with Gasteiger partial charge in [-0.2, -0.15) is 0 Å². The first kappa shape index (κ1) is 21.9. The lowest BCUT2D eigenvalue weighted by atomic mass is 10.1. The third-order valence-electron chi connectivity index (χ3n) is 3.77. The Morgan fingerprint density at radius 3 is 1.96 bits per heavy atom. The zero-order valence-electron chi connectivity index (χ0n) is 15.2. The molecule has 0 aromatic rings. The highest BCUT2D eigenvalue weighted by atomic mass is 16.5. The Morgan fingerprint density at radius 1 is 0.913 bits per heavy atom. The topological polar surface area (TPSA) is 64.6 Å². The van der Waals surface area contributed by atoms with Crippen LogP contribution >= 0.6 is 0 Å². The van der Waals surface area contributed by atoms with Crippen LogP contribution in [0.15, 0.2) is 0 Å². The first-order chi connectivity index (χ1) is 11.1. The SMILES string of the molecule is CCOC(=O)[C@H](C)NC(=O)CCCCCCCCCCCOC. The molecule has 0 aromatic carbocycles. The normalized spacial score (nSPS) is 12.0. The van der Waals surface area contributed by atoms with E-state index < -0.39 is 6.04 Å². The Labute approximate surface area is 141 Å². The molecule has 0 unspecified atom stereocenters. The van der Waals surface area contributed by atoms with Gasteiger partial charge in [-0.3, -0.25) is 4.79 Å². The van der Waals surface area contributed by atoms with Crippen molar-refractivity contribution in [3.8, 4) is 0 Å². The maximum absolute atomic E-state index is 11.7. The number of unbranched alkanes of at least 4 members (excludes halogenated alkanes) is 8. The van der Waals surface area contributed by atoms with Gasteiger partial charge in [0.05, 0.1) is 6.61 Å². The predicted octanol–water partition coefficient (Wildman–Crippen LogP) is 3.60. The minimum Gasteiger partial charge on any atom is -0.464 e. The molecule has 1 atom stereocenters. The second kappa shape index (κ2) is 15.8. The number of carbonyl (C=O) groups is 2. The summed E-state index contributed by atoms with van der Waals surface area (Å²) >= 11 is 0. The molecule has 5 nitrogen and oxygen atoms in total. The van der Waals surface area contributed by atoms with E-state index in [-0.39, 0.29) is 11.9 Å². The minimum absolute atomic E-state index is 0.0660. The zero-order valence-corrected chi connectivity index (χ0v) is 15.2. The van der Waals surface area contributed by atoms with Gasteiger partial charge in [0, 0.05) is 20.1 Å². The molecule has 0 fully saturated rings. The molecule has 0 rings (SSSR count). The molecule has 0 aliphatic carbocycles. The summed E-state index contributed by atoms with van der Waals surface area (Å²) in [5, 5.41) is 2.68. The van der Waals surface area contributed by atoms with Crippen molar-refractivity contribution in [2.24, 2.45) is 0 Å². The van der Waals surface area contributed by atoms with Crippen molar-refractivity contribution in [1.82, 2.24) is 5.32 Å². The molecule has 136 valence electrons. The fraction of sp³-hybridized carbons (Fsp3) is 0.889. The lowest BCUT2D eigenvalue weighted by Crippen LogP contribution is -2.39. The smallest absolute Gasteiger partial charge is 0.328 e. The number of hydrogen-bond donors (Lipinski definition) is 1. The maximum atomic E-state index is 11.7. The molecule has 0 saturated carbocycles. The van der Waals surface area contributed by atoms with Gasteiger partial charge >= 0.3 is 5.97 Å². The van der Waals surface area contributed by atoms with Gasteiger partial charge < -0.3 is 14.8 Å². The number of esters is 1. The van der Waals surface area contributed by atoms with Gasteiger partial charge in [0.2, 0.25) is 5.91 Å². The molecule has 0 aliphatic heterocycles. The standard InChI is InChI=1S/C18H35NO4/c1-4-23-18(21)16(2)19-17(20)14-12-10-8-6-5-7-9-11-13-15-22-3/h16H,4-15H2,1-3H3,(H,19,20)/t16-/m0/s1. The third kappa shape index (κ3) is 14.2. The summed E-state index contributed by atoms with van der Waals surface area (Å²) in [6, 6.07) is -0.555. The first-order valence-corrected chi connectivity index (χ1v) is 9.06. The summed E-state index contributed by atoms with van der Waals surface area (Å²) < 4.78 is 9.88. The molecule has 1 amide bonds. The highest BCUT2D eigenvalue weighted by Gasteiger charge is 2.15. The molecule has 0 bridgehead atoms. The molecule has 23 heavy (non-hydrogen) atoms. The Morgan fingerprint density at radius 2 is 1.43 bits per heavy atom. The summed E-state index contributed by atoms with van der Waals surface area (Å²) in [4.78, 5) is 23.1. The Bertz CT molecular complexity index is 307. The number of carbonyl (C=O) groups excluding carboxylic acids is 2. The van der Waals surface area contributed by atoms with E-state index in [0.717, 1.165) is 25.9 Å². The minimum atomic E-state index is -0.555. The van der Waals surface area contributed by atoms with Gasteiger partial charge in [-0.25, -0.2) is 4.79 Å². The second-order valence-corrected chi connectivity index (χ2v) is 5.97. The zero-order chi connectivity index (χ0) is 17.3. The molecule has 0 saturated heterocycles. The van der Waals surface area contributed by atoms with E-state index in [2.05, 4.69) is 5.32 Å². The molecule has 0 heterocycles. The Kier molecular flexibility index (Phi) is 15.0. The highest BCUT2D eigenvalue weighted by Crippen LogP contribution is 2.10. The van der Waals surface area contributed by atoms with Gasteiger partial charge in [-0.15, -0.1) is 0 Å². The molecule has 0 spiro atoms. The summed E-state index contributed by atoms with van der Waals surface area (Å²) in [5.74, 6) is -0.435. The third-order valence-corrected chi connectivity index (χ3v) is 3.77. The van der Waals surface area contributed by atoms with E-state index in [1.165, 1.54) is 38.5 Å². The fourth-order valence-corrected chi connectivity index (χ4v) is 2.41. The fourth-order valence-electron chi connectivity index (χ4n) is 2.41. The predicted molar refractivity (Wildman–Crippen MR) is 92.3 cm³/mol. The quantitative estimate of drug-likeness (QED) is 0.368. The van der Waals surface area contributed by atoms with Crippen molar-refractivity contribution in [1.29, 1.82) is 0 Å². The van der Waals surface area contributed by atoms with Gasteiger partial charge in [0.25, 0.3) is 0 Å². The molecular formula is C18H35NO4. The van der Waals surface area contributed by atoms with Gasteiger partial charge in [0.1, 0.15) is 6.04 Å². The van der Waals surface area contributed by atoms with Crippen LogP contribution in [0.2, 0.25) is 0 Å². The van der Waals surface area contributed by atoms with Gasteiger partial charge in [0.15, 0.2) is 0 Å². The summed E-state index contributed by atoms with van der Waals surface area (Å²) in [6.45, 7) is 4.62. The van der Waals surface area contributed by atoms with E-state index in [1.54, 1.807) is 21.0 Å². The number of nitrogens with one attached hydrogen (secondary N) is 1. The molecule has 0 aliphatic rings. The van der Waals surface area contributed by atoms with Crippen LogP contribution in [0, 0.1) is 0 Å². The summed E-state index contributed by atoms with van der Waals surface area (Å²) in [5.41, 5.74) is 0. The van der Waals surface area contributed by atoms with E-state index in [1.807, 2.05) is 0 Å². The number of amides is 1. The van der Waals surface area contributed by atoms with Crippen LogP contribution in [-0.2, 0) is 19.1 Å². The van der Waals surface area contributed by atoms with Crippen molar-refractivity contribution < 1.29 is 19.1 Å². The van der Waals surface area contributed by atoms with Crippen LogP contribution in [0.1, 0.15) is 78.1 Å². The lowest BCUT2D eigenvalue weighted by Gasteiger charge is -2.12. The maximum Gasteiger partial charge on any atom is 0.328 e. The van der Waals surface area contributed by atoms with Crippen LogP contribution in [0.5, 0.6) is 0 Å². The Balaban J connectivity index is 3.37. The van der Waals surface area contributed by atoms with Crippen molar-refractivity contribution in [2.75, 3.05) is 20.3 Å². The van der Waals surface area contributed by atoms with Crippen LogP contribution in [0.3, 0.4) is 0 Å². The van der Waals surface area contributed by atoms with Crippen LogP contribution in [0.25, 0.3) is 0 Å². The van der Waals surface area contributed by atoms with Crippen LogP contribution in [-0.4, -0.2) is 38.2 Å². The van der Waals surface area contributed by atoms with E-state index >= 15 is 0 Å². The largest absolute Gasteiger partial charge is 0.464 e. The number of ether oxygens (including phenoxy) is 2. The lowest BCUT2D eigenvalue weighted by molar-refractivity contribution is -0.146. The summed E-state index contributed by atoms with van der Waals surface area (Å²) in [6.07, 6.45) is 11.1. The summed E-state index contributed by atoms with van der Waals surface area (Å²) in [7, 11) is 1.75. The molecule has 5 heteroatoms. The highest BCUT2D eigenvalue weighted by molar-refractivity contribution is 5.84. The van der Waals surface area contributed by atoms with Crippen LogP contribution in [0.4, 0.5) is 0 Å². The first-order valence-electron chi connectivity index (χ1n) is 9.06. The second-order valence-electron chi connectivity index (χ2n) is 5.97. The average molecular weight is 329 g/mol. The molecule has 1 N–H and O–H groups in total. The monoisotopic (exact) mass is 329 g/mol. The van der Waals surface area contributed by atoms with E-state index in [4.69, 9.17) is 9.47 Å². The number of methoxy groups -OCH3 is 1. The average Bonchev–Trinajstić information content (AvgIpc) is 2.52.